The first kappa shape index (κ1) is 37.6. The summed E-state index contributed by atoms with van der Waals surface area (Å²) in [5, 5.41) is 23.3. The highest BCUT2D eigenvalue weighted by Crippen LogP contribution is 2.27. The van der Waals surface area contributed by atoms with Crippen LogP contribution in [0, 0.1) is 0 Å². The fourth-order valence-electron chi connectivity index (χ4n) is 4.25. The van der Waals surface area contributed by atoms with E-state index in [1.54, 1.807) is 0 Å². The Hall–Kier alpha value is -3.38. The molecule has 1 fully saturated rings. The average Bonchev–Trinajstić information content (AvgIpc) is 2.91. The van der Waals surface area contributed by atoms with Gasteiger partial charge < -0.3 is 39.9 Å². The Labute approximate surface area is 249 Å². The van der Waals surface area contributed by atoms with E-state index in [-0.39, 0.29) is 19.6 Å². The number of hydrogen-bond acceptors (Lipinski definition) is 14. The minimum absolute atomic E-state index is 0.0731. The molecule has 246 valence electrons. The fraction of sp³-hybridized carbons (Fsp3) is 0.769. The first-order chi connectivity index (χ1) is 20.3. The van der Waals surface area contributed by atoms with Gasteiger partial charge in [0.1, 0.15) is 24.8 Å². The Morgan fingerprint density at radius 1 is 0.837 bits per heavy atom. The van der Waals surface area contributed by atoms with Crippen LogP contribution in [0.4, 0.5) is 0 Å². The SMILES string of the molecule is CC(=O)NC1C(ONCCCC[C@H](NO)C(=O)NCCCCCC(=O)O)OC(COC(C)=O)C(OC(C)=O)C1OC(C)=O. The molecule has 0 radical (unpaired) electrons. The van der Waals surface area contributed by atoms with Crippen molar-refractivity contribution in [3.8, 4) is 0 Å². The van der Waals surface area contributed by atoms with E-state index < -0.39 is 72.4 Å². The van der Waals surface area contributed by atoms with Crippen molar-refractivity contribution in [3.63, 3.8) is 0 Å². The number of hydroxylamine groups is 2. The van der Waals surface area contributed by atoms with Gasteiger partial charge in [0.2, 0.25) is 18.1 Å². The number of carboxylic acid groups (broad SMARTS) is 1. The zero-order chi connectivity index (χ0) is 32.4. The maximum Gasteiger partial charge on any atom is 0.303 e. The van der Waals surface area contributed by atoms with Crippen LogP contribution in [0.15, 0.2) is 0 Å². The van der Waals surface area contributed by atoms with Crippen LogP contribution >= 0.6 is 0 Å². The Morgan fingerprint density at radius 2 is 1.49 bits per heavy atom. The van der Waals surface area contributed by atoms with Gasteiger partial charge in [-0.05, 0) is 32.1 Å². The number of hydrogen-bond donors (Lipinski definition) is 6. The second kappa shape index (κ2) is 20.5. The molecule has 0 spiro atoms. The van der Waals surface area contributed by atoms with Crippen LogP contribution in [0.2, 0.25) is 0 Å². The summed E-state index contributed by atoms with van der Waals surface area (Å²) in [4.78, 5) is 75.6. The normalized spacial score (nSPS) is 22.1. The Kier molecular flexibility index (Phi) is 18.0. The lowest BCUT2D eigenvalue weighted by Crippen LogP contribution is -2.67. The molecule has 43 heavy (non-hydrogen) atoms. The van der Waals surface area contributed by atoms with Crippen molar-refractivity contribution < 1.29 is 62.9 Å². The molecule has 0 bridgehead atoms. The second-order valence-corrected chi connectivity index (χ2v) is 9.90. The number of ether oxygens (including phenoxy) is 4. The summed E-state index contributed by atoms with van der Waals surface area (Å²) in [5.41, 5.74) is 4.68. The van der Waals surface area contributed by atoms with Crippen molar-refractivity contribution >= 4 is 35.7 Å². The number of aliphatic carboxylic acids is 1. The highest BCUT2D eigenvalue weighted by atomic mass is 16.8. The number of carbonyl (C=O) groups is 6. The molecule has 17 heteroatoms. The van der Waals surface area contributed by atoms with Gasteiger partial charge in [-0.25, -0.2) is 0 Å². The monoisotopic (exact) mass is 620 g/mol. The molecule has 6 N–H and O–H groups in total. The van der Waals surface area contributed by atoms with E-state index in [0.717, 1.165) is 13.8 Å². The summed E-state index contributed by atoms with van der Waals surface area (Å²) in [6.45, 7) is 4.91. The topological polar surface area (TPSA) is 237 Å². The first-order valence-corrected chi connectivity index (χ1v) is 14.0. The minimum atomic E-state index is -1.27. The van der Waals surface area contributed by atoms with Crippen molar-refractivity contribution in [2.75, 3.05) is 19.7 Å². The van der Waals surface area contributed by atoms with E-state index in [0.29, 0.717) is 45.1 Å². The molecular weight excluding hydrogens is 576 g/mol. The van der Waals surface area contributed by atoms with Crippen LogP contribution in [0.25, 0.3) is 0 Å². The zero-order valence-corrected chi connectivity index (χ0v) is 24.9. The standard InChI is InChI=1S/C26H44N4O13/c1-15(31)29-22-24(41-18(4)34)23(40-17(3)33)20(14-39-16(2)32)42-26(22)43-28-13-9-7-10-19(30-38)25(37)27-12-8-5-6-11-21(35)36/h19-20,22-24,26,28,30,38H,5-14H2,1-4H3,(H,27,37)(H,29,31)(H,35,36)/t19-,20?,22?,23?,24?,26?/m0/s1. The summed E-state index contributed by atoms with van der Waals surface area (Å²) in [7, 11) is 0. The third kappa shape index (κ3) is 15.6. The number of carboxylic acids is 1. The lowest BCUT2D eigenvalue weighted by atomic mass is 9.96. The Bertz CT molecular complexity index is 935. The molecule has 0 aromatic carbocycles. The van der Waals surface area contributed by atoms with Crippen molar-refractivity contribution in [2.45, 2.75) is 109 Å². The second-order valence-electron chi connectivity index (χ2n) is 9.90. The fourth-order valence-corrected chi connectivity index (χ4v) is 4.25. The average molecular weight is 621 g/mol. The van der Waals surface area contributed by atoms with Gasteiger partial charge in [-0.15, -0.1) is 0 Å². The molecule has 0 aliphatic carbocycles. The van der Waals surface area contributed by atoms with Crippen molar-refractivity contribution in [2.24, 2.45) is 0 Å². The minimum Gasteiger partial charge on any atom is -0.481 e. The molecule has 0 aromatic rings. The molecular formula is C26H44N4O13. The summed E-state index contributed by atoms with van der Waals surface area (Å²) >= 11 is 0. The predicted octanol–water partition coefficient (Wildman–Crippen LogP) is -0.557. The third-order valence-corrected chi connectivity index (χ3v) is 6.13. The first-order valence-electron chi connectivity index (χ1n) is 14.0. The Morgan fingerprint density at radius 3 is 2.07 bits per heavy atom. The maximum atomic E-state index is 12.3. The number of unbranched alkanes of at least 4 members (excludes halogenated alkanes) is 3. The quantitative estimate of drug-likeness (QED) is 0.0433. The van der Waals surface area contributed by atoms with E-state index in [4.69, 9.17) is 28.9 Å². The van der Waals surface area contributed by atoms with Crippen LogP contribution in [0.1, 0.15) is 72.6 Å². The summed E-state index contributed by atoms with van der Waals surface area (Å²) in [5.74, 6) is -3.86. The lowest BCUT2D eigenvalue weighted by Gasteiger charge is -2.44. The van der Waals surface area contributed by atoms with E-state index in [1.807, 2.05) is 5.48 Å². The van der Waals surface area contributed by atoms with E-state index in [2.05, 4.69) is 16.1 Å². The van der Waals surface area contributed by atoms with Crippen LogP contribution in [-0.2, 0) is 52.6 Å². The van der Waals surface area contributed by atoms with Crippen molar-refractivity contribution in [1.82, 2.24) is 21.6 Å². The smallest absolute Gasteiger partial charge is 0.303 e. The molecule has 0 aromatic heterocycles. The molecule has 2 amide bonds. The van der Waals surface area contributed by atoms with Crippen LogP contribution < -0.4 is 21.6 Å². The van der Waals surface area contributed by atoms with Gasteiger partial charge in [0, 0.05) is 47.2 Å². The molecule has 0 saturated carbocycles. The largest absolute Gasteiger partial charge is 0.481 e. The molecule has 6 atom stereocenters. The van der Waals surface area contributed by atoms with Crippen LogP contribution in [0.3, 0.4) is 0 Å². The highest BCUT2D eigenvalue weighted by molar-refractivity contribution is 5.81. The lowest BCUT2D eigenvalue weighted by molar-refractivity contribution is -0.292. The van der Waals surface area contributed by atoms with Gasteiger partial charge >= 0.3 is 23.9 Å². The van der Waals surface area contributed by atoms with E-state index in [1.165, 1.54) is 13.8 Å². The maximum absolute atomic E-state index is 12.3. The van der Waals surface area contributed by atoms with E-state index in [9.17, 15) is 34.0 Å². The number of carbonyl (C=O) groups excluding carboxylic acids is 5. The van der Waals surface area contributed by atoms with Gasteiger partial charge in [-0.1, -0.05) is 6.42 Å². The zero-order valence-electron chi connectivity index (χ0n) is 24.9. The predicted molar refractivity (Wildman–Crippen MR) is 145 cm³/mol. The van der Waals surface area contributed by atoms with Gasteiger partial charge in [0.15, 0.2) is 12.2 Å². The van der Waals surface area contributed by atoms with Crippen molar-refractivity contribution in [1.29, 1.82) is 0 Å². The molecule has 5 unspecified atom stereocenters. The molecule has 17 nitrogen and oxygen atoms in total. The van der Waals surface area contributed by atoms with Gasteiger partial charge in [0.05, 0.1) is 0 Å². The molecule has 1 heterocycles. The van der Waals surface area contributed by atoms with Gasteiger partial charge in [-0.2, -0.15) is 11.0 Å². The van der Waals surface area contributed by atoms with Gasteiger partial charge in [0.25, 0.3) is 0 Å². The number of esters is 3. The van der Waals surface area contributed by atoms with E-state index >= 15 is 0 Å². The molecule has 1 saturated heterocycles. The molecule has 1 aliphatic rings. The third-order valence-electron chi connectivity index (χ3n) is 6.13. The summed E-state index contributed by atoms with van der Waals surface area (Å²) in [6.07, 6.45) is -1.75. The van der Waals surface area contributed by atoms with Crippen LogP contribution in [0.5, 0.6) is 0 Å². The summed E-state index contributed by atoms with van der Waals surface area (Å²) in [6, 6.07) is -1.97. The number of nitrogens with one attached hydrogen (secondary N) is 4. The number of rotatable bonds is 20. The van der Waals surface area contributed by atoms with Gasteiger partial charge in [-0.3, -0.25) is 33.6 Å². The highest BCUT2D eigenvalue weighted by Gasteiger charge is 2.51. The molecule has 1 aliphatic heterocycles. The Balaban J connectivity index is 2.71. The van der Waals surface area contributed by atoms with Crippen LogP contribution in [-0.4, -0.2) is 102 Å². The summed E-state index contributed by atoms with van der Waals surface area (Å²) < 4.78 is 21.6. The molecule has 1 rings (SSSR count). The number of amides is 2. The van der Waals surface area contributed by atoms with Crippen molar-refractivity contribution in [3.05, 3.63) is 0 Å².